The summed E-state index contributed by atoms with van der Waals surface area (Å²) in [6.07, 6.45) is 0.655. The number of benzene rings is 2. The van der Waals surface area contributed by atoms with Crippen LogP contribution in [0.15, 0.2) is 61.2 Å². The maximum absolute atomic E-state index is 12.3. The lowest BCUT2D eigenvalue weighted by Crippen LogP contribution is -2.29. The molecular formula is C42H63NO15. The van der Waals surface area contributed by atoms with E-state index in [0.717, 1.165) is 6.08 Å². The molecule has 0 aromatic heterocycles. The van der Waals surface area contributed by atoms with Gasteiger partial charge in [-0.25, -0.2) is 9.59 Å². The molecule has 0 fully saturated rings. The number of esters is 1. The zero-order valence-corrected chi connectivity index (χ0v) is 33.8. The van der Waals surface area contributed by atoms with Crippen molar-refractivity contribution in [1.29, 1.82) is 0 Å². The first-order valence-electron chi connectivity index (χ1n) is 19.9. The Bertz CT molecular complexity index is 1300. The minimum Gasteiger partial charge on any atom is -0.460 e. The smallest absolute Gasteiger partial charge is 0.407 e. The standard InChI is InChI=1S/C42H63NO15/c1-2-41(44)57-34-33-56-32-31-55-30-29-54-28-27-53-26-25-52-24-23-51-22-21-50-20-19-49-18-17-48-16-15-47-14-13-46-12-11-43-42(45)58-35-40-38-9-5-3-7-36(38)37-8-4-6-10-39(37)40/h2-10,40H,1,11-35H2,(H,43,45). The Hall–Kier alpha value is -3.52. The minimum atomic E-state index is -0.464. The summed E-state index contributed by atoms with van der Waals surface area (Å²) in [5.41, 5.74) is 4.76. The maximum atomic E-state index is 12.3. The third-order valence-corrected chi connectivity index (χ3v) is 8.22. The molecule has 1 amide bonds. The van der Waals surface area contributed by atoms with Crippen LogP contribution in [-0.4, -0.2) is 177 Å². The zero-order valence-electron chi connectivity index (χ0n) is 33.8. The van der Waals surface area contributed by atoms with Gasteiger partial charge in [-0.15, -0.1) is 0 Å². The fourth-order valence-corrected chi connectivity index (χ4v) is 5.44. The molecule has 1 aliphatic carbocycles. The summed E-state index contributed by atoms with van der Waals surface area (Å²) in [6, 6.07) is 16.5. The van der Waals surface area contributed by atoms with Crippen LogP contribution < -0.4 is 5.32 Å². The van der Waals surface area contributed by atoms with Crippen LogP contribution >= 0.6 is 0 Å². The molecule has 0 aliphatic heterocycles. The topological polar surface area (TPSA) is 166 Å². The van der Waals surface area contributed by atoms with Crippen LogP contribution in [0.2, 0.25) is 0 Å². The summed E-state index contributed by atoms with van der Waals surface area (Å²) < 4.78 is 70.4. The van der Waals surface area contributed by atoms with E-state index in [-0.39, 0.29) is 19.1 Å². The molecule has 0 saturated carbocycles. The second-order valence-corrected chi connectivity index (χ2v) is 12.4. The fraction of sp³-hybridized carbons (Fsp3) is 0.619. The van der Waals surface area contributed by atoms with Crippen molar-refractivity contribution in [1.82, 2.24) is 5.32 Å². The molecule has 2 aromatic rings. The van der Waals surface area contributed by atoms with Gasteiger partial charge in [-0.1, -0.05) is 55.1 Å². The number of hydrogen-bond donors (Lipinski definition) is 1. The summed E-state index contributed by atoms with van der Waals surface area (Å²) in [5.74, 6) is -0.432. The molecule has 2 aromatic carbocycles. The molecule has 58 heavy (non-hydrogen) atoms. The molecule has 326 valence electrons. The van der Waals surface area contributed by atoms with Gasteiger partial charge < -0.3 is 66.9 Å². The predicted octanol–water partition coefficient (Wildman–Crippen LogP) is 3.44. The van der Waals surface area contributed by atoms with Gasteiger partial charge in [0.2, 0.25) is 0 Å². The van der Waals surface area contributed by atoms with E-state index in [9.17, 15) is 9.59 Å². The monoisotopic (exact) mass is 821 g/mol. The van der Waals surface area contributed by atoms with Gasteiger partial charge in [0.1, 0.15) is 13.2 Å². The van der Waals surface area contributed by atoms with E-state index in [4.69, 9.17) is 61.6 Å². The Morgan fingerprint density at radius 2 is 0.759 bits per heavy atom. The lowest BCUT2D eigenvalue weighted by Gasteiger charge is -2.14. The summed E-state index contributed by atoms with van der Waals surface area (Å²) in [6.45, 7) is 14.1. The molecule has 16 nitrogen and oxygen atoms in total. The molecule has 0 atom stereocenters. The first-order chi connectivity index (χ1) is 28.7. The third kappa shape index (κ3) is 23.2. The van der Waals surface area contributed by atoms with E-state index in [1.807, 2.05) is 24.3 Å². The van der Waals surface area contributed by atoms with Crippen LogP contribution in [0.4, 0.5) is 4.79 Å². The molecule has 0 bridgehead atoms. The van der Waals surface area contributed by atoms with Gasteiger partial charge in [0.15, 0.2) is 0 Å². The molecule has 16 heteroatoms. The van der Waals surface area contributed by atoms with Crippen molar-refractivity contribution < 1.29 is 71.2 Å². The summed E-state index contributed by atoms with van der Waals surface area (Å²) >= 11 is 0. The number of rotatable bonds is 39. The van der Waals surface area contributed by atoms with E-state index < -0.39 is 12.1 Å². The SMILES string of the molecule is C=CC(=O)OCCOCCOCCOCCOCCOCCOCCOCCOCCOCCOCCOCCNC(=O)OCC1c2ccccc2-c2ccccc21. The van der Waals surface area contributed by atoms with Crippen LogP contribution in [0.5, 0.6) is 0 Å². The van der Waals surface area contributed by atoms with Crippen molar-refractivity contribution in [3.05, 3.63) is 72.3 Å². The Kier molecular flexibility index (Phi) is 28.9. The van der Waals surface area contributed by atoms with E-state index in [2.05, 4.69) is 36.2 Å². The highest BCUT2D eigenvalue weighted by molar-refractivity contribution is 5.81. The summed E-state index contributed by atoms with van der Waals surface area (Å²) in [5, 5.41) is 2.74. The third-order valence-electron chi connectivity index (χ3n) is 8.22. The molecule has 0 spiro atoms. The first-order valence-corrected chi connectivity index (χ1v) is 19.9. The van der Waals surface area contributed by atoms with Gasteiger partial charge in [0, 0.05) is 18.5 Å². The van der Waals surface area contributed by atoms with Crippen molar-refractivity contribution >= 4 is 12.1 Å². The number of carbonyl (C=O) groups is 2. The van der Waals surface area contributed by atoms with Gasteiger partial charge >= 0.3 is 12.1 Å². The van der Waals surface area contributed by atoms with Crippen LogP contribution in [0, 0.1) is 0 Å². The van der Waals surface area contributed by atoms with Gasteiger partial charge in [0.25, 0.3) is 0 Å². The van der Waals surface area contributed by atoms with Gasteiger partial charge in [-0.05, 0) is 22.3 Å². The van der Waals surface area contributed by atoms with Crippen LogP contribution in [0.3, 0.4) is 0 Å². The van der Waals surface area contributed by atoms with Crippen molar-refractivity contribution in [2.75, 3.05) is 165 Å². The van der Waals surface area contributed by atoms with E-state index >= 15 is 0 Å². The first kappa shape index (κ1) is 48.8. The van der Waals surface area contributed by atoms with E-state index in [1.165, 1.54) is 22.3 Å². The highest BCUT2D eigenvalue weighted by Crippen LogP contribution is 2.44. The largest absolute Gasteiger partial charge is 0.460 e. The Morgan fingerprint density at radius 3 is 1.10 bits per heavy atom. The second-order valence-electron chi connectivity index (χ2n) is 12.4. The molecular weight excluding hydrogens is 758 g/mol. The van der Waals surface area contributed by atoms with Crippen LogP contribution in [-0.2, 0) is 66.4 Å². The van der Waals surface area contributed by atoms with Crippen molar-refractivity contribution in [3.8, 4) is 11.1 Å². The number of fused-ring (bicyclic) bond motifs is 3. The highest BCUT2D eigenvalue weighted by Gasteiger charge is 2.29. The molecule has 0 heterocycles. The molecule has 0 saturated heterocycles. The Morgan fingerprint density at radius 1 is 0.448 bits per heavy atom. The average Bonchev–Trinajstić information content (AvgIpc) is 3.57. The van der Waals surface area contributed by atoms with Gasteiger partial charge in [0.05, 0.1) is 145 Å². The van der Waals surface area contributed by atoms with E-state index in [0.29, 0.717) is 152 Å². The second kappa shape index (κ2) is 34.4. The molecule has 1 aliphatic rings. The number of amides is 1. The van der Waals surface area contributed by atoms with Crippen LogP contribution in [0.1, 0.15) is 17.0 Å². The summed E-state index contributed by atoms with van der Waals surface area (Å²) in [4.78, 5) is 23.1. The van der Waals surface area contributed by atoms with Crippen molar-refractivity contribution in [2.24, 2.45) is 0 Å². The van der Waals surface area contributed by atoms with Crippen LogP contribution in [0.25, 0.3) is 11.1 Å². The Labute approximate surface area is 342 Å². The average molecular weight is 822 g/mol. The number of carbonyl (C=O) groups excluding carboxylic acids is 2. The normalized spacial score (nSPS) is 12.0. The number of ether oxygens (including phenoxy) is 13. The molecule has 1 N–H and O–H groups in total. The van der Waals surface area contributed by atoms with Gasteiger partial charge in [-0.2, -0.15) is 0 Å². The minimum absolute atomic E-state index is 0.0320. The predicted molar refractivity (Wildman–Crippen MR) is 213 cm³/mol. The highest BCUT2D eigenvalue weighted by atomic mass is 16.6. The van der Waals surface area contributed by atoms with Gasteiger partial charge in [-0.3, -0.25) is 0 Å². The summed E-state index contributed by atoms with van der Waals surface area (Å²) in [7, 11) is 0. The quantitative estimate of drug-likeness (QED) is 0.0592. The van der Waals surface area contributed by atoms with Crippen molar-refractivity contribution in [2.45, 2.75) is 5.92 Å². The molecule has 0 unspecified atom stereocenters. The number of nitrogens with one attached hydrogen (secondary N) is 1. The lowest BCUT2D eigenvalue weighted by atomic mass is 9.98. The van der Waals surface area contributed by atoms with E-state index in [1.54, 1.807) is 0 Å². The molecule has 3 rings (SSSR count). The fourth-order valence-electron chi connectivity index (χ4n) is 5.44. The molecule has 0 radical (unpaired) electrons. The number of alkyl carbamates (subject to hydrolysis) is 1. The zero-order chi connectivity index (χ0) is 41.0. The lowest BCUT2D eigenvalue weighted by molar-refractivity contribution is -0.139. The number of hydrogen-bond acceptors (Lipinski definition) is 15. The Balaban J connectivity index is 0.931. The van der Waals surface area contributed by atoms with Crippen molar-refractivity contribution in [3.63, 3.8) is 0 Å². The maximum Gasteiger partial charge on any atom is 0.407 e.